The van der Waals surface area contributed by atoms with E-state index in [-0.39, 0.29) is 18.2 Å². The molecule has 1 atom stereocenters. The van der Waals surface area contributed by atoms with Crippen LogP contribution < -0.4 is 10.6 Å². The lowest BCUT2D eigenvalue weighted by atomic mass is 10.1. The normalized spacial score (nSPS) is 18.8. The van der Waals surface area contributed by atoms with Crippen LogP contribution in [0.25, 0.3) is 10.8 Å². The first-order valence-electron chi connectivity index (χ1n) is 8.32. The highest BCUT2D eigenvalue weighted by Gasteiger charge is 2.31. The number of amides is 2. The Kier molecular flexibility index (Phi) is 5.38. The van der Waals surface area contributed by atoms with Crippen molar-refractivity contribution in [2.24, 2.45) is 10.9 Å². The molecule has 1 aliphatic rings. The number of rotatable bonds is 5. The third kappa shape index (κ3) is 4.60. The van der Waals surface area contributed by atoms with Crippen LogP contribution in [0.15, 0.2) is 47.5 Å². The topological polar surface area (TPSA) is 70.6 Å². The van der Waals surface area contributed by atoms with Crippen molar-refractivity contribution in [2.75, 3.05) is 11.9 Å². The Morgan fingerprint density at radius 1 is 1.24 bits per heavy atom. The van der Waals surface area contributed by atoms with Gasteiger partial charge in [-0.3, -0.25) is 14.6 Å². The highest BCUT2D eigenvalue weighted by atomic mass is 32.2. The van der Waals surface area contributed by atoms with Gasteiger partial charge in [-0.25, -0.2) is 0 Å². The molecule has 0 bridgehead atoms. The number of anilines is 1. The Morgan fingerprint density at radius 2 is 2.00 bits per heavy atom. The van der Waals surface area contributed by atoms with Crippen molar-refractivity contribution in [3.05, 3.63) is 42.5 Å². The molecule has 0 aromatic heterocycles. The number of fused-ring (bicyclic) bond motifs is 1. The van der Waals surface area contributed by atoms with Crippen molar-refractivity contribution in [1.29, 1.82) is 0 Å². The summed E-state index contributed by atoms with van der Waals surface area (Å²) >= 11 is 1.33. The highest BCUT2D eigenvalue weighted by molar-refractivity contribution is 8.15. The molecular weight excluding hydrogens is 334 g/mol. The second-order valence-electron chi connectivity index (χ2n) is 6.45. The largest absolute Gasteiger partial charge is 0.326 e. The van der Waals surface area contributed by atoms with Crippen molar-refractivity contribution in [2.45, 2.75) is 25.5 Å². The van der Waals surface area contributed by atoms with Crippen molar-refractivity contribution >= 4 is 45.2 Å². The number of nitrogens with one attached hydrogen (secondary N) is 2. The molecule has 0 aliphatic carbocycles. The molecule has 0 saturated carbocycles. The lowest BCUT2D eigenvalue weighted by molar-refractivity contribution is -0.122. The van der Waals surface area contributed by atoms with Crippen LogP contribution in [0.1, 0.15) is 20.3 Å². The zero-order valence-electron chi connectivity index (χ0n) is 14.3. The van der Waals surface area contributed by atoms with Gasteiger partial charge in [0, 0.05) is 18.7 Å². The second kappa shape index (κ2) is 7.70. The Labute approximate surface area is 151 Å². The highest BCUT2D eigenvalue weighted by Crippen LogP contribution is 2.24. The number of amidine groups is 1. The molecule has 2 amide bonds. The smallest absolute Gasteiger partial charge is 0.240 e. The first kappa shape index (κ1) is 17.5. The van der Waals surface area contributed by atoms with Gasteiger partial charge in [0.15, 0.2) is 5.17 Å². The van der Waals surface area contributed by atoms with Crippen LogP contribution in [0.4, 0.5) is 5.69 Å². The van der Waals surface area contributed by atoms with Gasteiger partial charge in [0.2, 0.25) is 11.8 Å². The molecule has 25 heavy (non-hydrogen) atoms. The number of carbonyl (C=O) groups is 2. The summed E-state index contributed by atoms with van der Waals surface area (Å²) in [5.74, 6) is 0.106. The average Bonchev–Trinajstić information content (AvgIpc) is 2.92. The fourth-order valence-electron chi connectivity index (χ4n) is 2.53. The molecule has 5 nitrogen and oxygen atoms in total. The van der Waals surface area contributed by atoms with Crippen molar-refractivity contribution in [3.63, 3.8) is 0 Å². The lowest BCUT2D eigenvalue weighted by Crippen LogP contribution is -2.28. The summed E-state index contributed by atoms with van der Waals surface area (Å²) in [5, 5.41) is 8.00. The predicted molar refractivity (Wildman–Crippen MR) is 104 cm³/mol. The number of aliphatic imine (C=N–C) groups is 1. The van der Waals surface area contributed by atoms with Crippen LogP contribution in [-0.2, 0) is 9.59 Å². The van der Waals surface area contributed by atoms with Gasteiger partial charge in [-0.2, -0.15) is 0 Å². The maximum atomic E-state index is 12.3. The van der Waals surface area contributed by atoms with Gasteiger partial charge in [-0.05, 0) is 28.8 Å². The van der Waals surface area contributed by atoms with Crippen LogP contribution in [0.3, 0.4) is 0 Å². The number of nitrogens with zero attached hydrogens (tertiary/aromatic N) is 1. The van der Waals surface area contributed by atoms with Crippen molar-refractivity contribution < 1.29 is 9.59 Å². The number of hydrogen-bond acceptors (Lipinski definition) is 4. The number of hydrogen-bond donors (Lipinski definition) is 2. The minimum absolute atomic E-state index is 0.129. The first-order valence-corrected chi connectivity index (χ1v) is 9.20. The number of carbonyl (C=O) groups excluding carboxylic acids is 2. The molecule has 2 N–H and O–H groups in total. The van der Waals surface area contributed by atoms with Crippen LogP contribution in [0.5, 0.6) is 0 Å². The fourth-order valence-corrected chi connectivity index (χ4v) is 3.51. The molecule has 1 heterocycles. The summed E-state index contributed by atoms with van der Waals surface area (Å²) in [4.78, 5) is 28.6. The Bertz CT molecular complexity index is 832. The van der Waals surface area contributed by atoms with E-state index in [0.717, 1.165) is 16.5 Å². The maximum absolute atomic E-state index is 12.3. The van der Waals surface area contributed by atoms with Crippen LogP contribution in [0.2, 0.25) is 0 Å². The van der Waals surface area contributed by atoms with Gasteiger partial charge >= 0.3 is 0 Å². The zero-order valence-corrected chi connectivity index (χ0v) is 15.1. The second-order valence-corrected chi connectivity index (χ2v) is 7.64. The third-order valence-electron chi connectivity index (χ3n) is 3.78. The average molecular weight is 355 g/mol. The summed E-state index contributed by atoms with van der Waals surface area (Å²) in [6.45, 7) is 4.80. The molecular formula is C19H21N3O2S. The Hall–Kier alpha value is -2.34. The molecule has 1 fully saturated rings. The summed E-state index contributed by atoms with van der Waals surface area (Å²) in [5.41, 5.74) is 0.737. The Balaban J connectivity index is 1.60. The minimum Gasteiger partial charge on any atom is -0.326 e. The predicted octanol–water partition coefficient (Wildman–Crippen LogP) is 3.41. The third-order valence-corrected chi connectivity index (χ3v) is 4.90. The van der Waals surface area contributed by atoms with E-state index in [9.17, 15) is 9.59 Å². The molecule has 1 aliphatic heterocycles. The van der Waals surface area contributed by atoms with E-state index in [1.54, 1.807) is 0 Å². The monoisotopic (exact) mass is 355 g/mol. The molecule has 1 saturated heterocycles. The van der Waals surface area contributed by atoms with E-state index < -0.39 is 5.25 Å². The zero-order chi connectivity index (χ0) is 17.8. The Morgan fingerprint density at radius 3 is 2.76 bits per heavy atom. The van der Waals surface area contributed by atoms with E-state index in [1.165, 1.54) is 11.8 Å². The quantitative estimate of drug-likeness (QED) is 0.863. The van der Waals surface area contributed by atoms with E-state index >= 15 is 0 Å². The molecule has 2 aromatic rings. The molecule has 1 unspecified atom stereocenters. The van der Waals surface area contributed by atoms with Crippen LogP contribution in [0, 0.1) is 5.92 Å². The van der Waals surface area contributed by atoms with Gasteiger partial charge < -0.3 is 10.6 Å². The van der Waals surface area contributed by atoms with Gasteiger partial charge in [0.05, 0.1) is 0 Å². The SMILES string of the molecule is CC(C)CN=C1NC(=O)C(CC(=O)Nc2ccc3ccccc3c2)S1. The summed E-state index contributed by atoms with van der Waals surface area (Å²) in [7, 11) is 0. The summed E-state index contributed by atoms with van der Waals surface area (Å²) in [6, 6.07) is 13.8. The molecule has 0 spiro atoms. The molecule has 6 heteroatoms. The van der Waals surface area contributed by atoms with E-state index in [1.807, 2.05) is 42.5 Å². The fraction of sp³-hybridized carbons (Fsp3) is 0.316. The van der Waals surface area contributed by atoms with Crippen LogP contribution >= 0.6 is 11.8 Å². The van der Waals surface area contributed by atoms with Crippen molar-refractivity contribution in [3.8, 4) is 0 Å². The molecule has 0 radical (unpaired) electrons. The van der Waals surface area contributed by atoms with Gasteiger partial charge in [-0.1, -0.05) is 55.9 Å². The molecule has 3 rings (SSSR count). The minimum atomic E-state index is -0.425. The van der Waals surface area contributed by atoms with Crippen LogP contribution in [-0.4, -0.2) is 28.8 Å². The first-order chi connectivity index (χ1) is 12.0. The lowest BCUT2D eigenvalue weighted by Gasteiger charge is -2.08. The number of benzene rings is 2. The van der Waals surface area contributed by atoms with Gasteiger partial charge in [0.1, 0.15) is 5.25 Å². The summed E-state index contributed by atoms with van der Waals surface area (Å²) < 4.78 is 0. The maximum Gasteiger partial charge on any atom is 0.240 e. The van der Waals surface area contributed by atoms with Crippen molar-refractivity contribution in [1.82, 2.24) is 5.32 Å². The standard InChI is InChI=1S/C19H21N3O2S/c1-12(2)11-20-19-22-18(24)16(25-19)10-17(23)21-15-8-7-13-5-3-4-6-14(13)9-15/h3-9,12,16H,10-11H2,1-2H3,(H,21,23)(H,20,22,24). The van der Waals surface area contributed by atoms with E-state index in [4.69, 9.17) is 0 Å². The molecule has 130 valence electrons. The van der Waals surface area contributed by atoms with Gasteiger partial charge in [0.25, 0.3) is 0 Å². The molecule has 2 aromatic carbocycles. The van der Waals surface area contributed by atoms with E-state index in [0.29, 0.717) is 17.6 Å². The summed E-state index contributed by atoms with van der Waals surface area (Å²) in [6.07, 6.45) is 0.129. The van der Waals surface area contributed by atoms with E-state index in [2.05, 4.69) is 29.5 Å². The number of thioether (sulfide) groups is 1. The van der Waals surface area contributed by atoms with Gasteiger partial charge in [-0.15, -0.1) is 0 Å².